The summed E-state index contributed by atoms with van der Waals surface area (Å²) < 4.78 is 5.06. The lowest BCUT2D eigenvalue weighted by Gasteiger charge is -2.18. The number of rotatable bonds is 3. The largest absolute Gasteiger partial charge is 0.497 e. The summed E-state index contributed by atoms with van der Waals surface area (Å²) in [7, 11) is 1.57. The zero-order valence-electron chi connectivity index (χ0n) is 10.2. The fourth-order valence-corrected chi connectivity index (χ4v) is 2.43. The van der Waals surface area contributed by atoms with E-state index in [2.05, 4.69) is 5.32 Å². The molecule has 2 N–H and O–H groups in total. The van der Waals surface area contributed by atoms with Gasteiger partial charge in [0.05, 0.1) is 7.11 Å². The van der Waals surface area contributed by atoms with Crippen LogP contribution in [0.2, 0.25) is 0 Å². The second-order valence-corrected chi connectivity index (χ2v) is 4.41. The molecule has 1 heterocycles. The number of benzene rings is 1. The summed E-state index contributed by atoms with van der Waals surface area (Å²) in [6.45, 7) is 1.82. The monoisotopic (exact) mass is 249 g/mol. The van der Waals surface area contributed by atoms with Gasteiger partial charge in [-0.25, -0.2) is 0 Å². The average molecular weight is 249 g/mol. The highest BCUT2D eigenvalue weighted by Gasteiger charge is 2.45. The fraction of sp³-hybridized carbons (Fsp3) is 0.385. The highest BCUT2D eigenvalue weighted by molar-refractivity contribution is 6.00. The molecule has 0 radical (unpaired) electrons. The topological polar surface area (TPSA) is 75.6 Å². The lowest BCUT2D eigenvalue weighted by molar-refractivity contribution is -0.145. The number of aliphatic carboxylic acids is 1. The summed E-state index contributed by atoms with van der Waals surface area (Å²) in [5, 5.41) is 11.8. The molecule has 2 rings (SSSR count). The first-order chi connectivity index (χ1) is 8.54. The Labute approximate surface area is 105 Å². The van der Waals surface area contributed by atoms with Crippen molar-refractivity contribution in [3.8, 4) is 5.75 Å². The van der Waals surface area contributed by atoms with Crippen molar-refractivity contribution in [1.29, 1.82) is 0 Å². The normalized spacial score (nSPS) is 26.8. The van der Waals surface area contributed by atoms with E-state index in [0.29, 0.717) is 5.75 Å². The molecular weight excluding hydrogens is 234 g/mol. The Morgan fingerprint density at radius 3 is 2.44 bits per heavy atom. The number of carboxylic acid groups (broad SMARTS) is 1. The van der Waals surface area contributed by atoms with Crippen LogP contribution in [0.4, 0.5) is 0 Å². The molecule has 3 atom stereocenters. The molecule has 0 aromatic heterocycles. The lowest BCUT2D eigenvalue weighted by Crippen LogP contribution is -2.26. The number of nitrogens with one attached hydrogen (secondary N) is 1. The Morgan fingerprint density at radius 2 is 1.94 bits per heavy atom. The van der Waals surface area contributed by atoms with Crippen molar-refractivity contribution in [2.75, 3.05) is 7.11 Å². The second kappa shape index (κ2) is 4.68. The van der Waals surface area contributed by atoms with E-state index in [9.17, 15) is 9.59 Å². The first-order valence-electron chi connectivity index (χ1n) is 5.71. The van der Waals surface area contributed by atoms with Gasteiger partial charge in [0.25, 0.3) is 0 Å². The van der Waals surface area contributed by atoms with Crippen LogP contribution in [0.3, 0.4) is 0 Å². The van der Waals surface area contributed by atoms with Gasteiger partial charge in [-0.15, -0.1) is 0 Å². The molecule has 18 heavy (non-hydrogen) atoms. The average Bonchev–Trinajstić information content (AvgIpc) is 2.64. The maximum Gasteiger partial charge on any atom is 0.316 e. The van der Waals surface area contributed by atoms with Crippen LogP contribution in [0.5, 0.6) is 5.75 Å². The van der Waals surface area contributed by atoms with Crippen molar-refractivity contribution in [3.63, 3.8) is 0 Å². The number of methoxy groups -OCH3 is 1. The van der Waals surface area contributed by atoms with Crippen LogP contribution in [0.1, 0.15) is 18.4 Å². The van der Waals surface area contributed by atoms with Gasteiger partial charge in [-0.3, -0.25) is 9.59 Å². The summed E-state index contributed by atoms with van der Waals surface area (Å²) in [6, 6.07) is 6.95. The molecule has 5 heteroatoms. The lowest BCUT2D eigenvalue weighted by atomic mass is 9.84. The fourth-order valence-electron chi connectivity index (χ4n) is 2.43. The molecular formula is C13H15NO4. The van der Waals surface area contributed by atoms with E-state index in [1.807, 2.05) is 6.92 Å². The molecule has 1 saturated heterocycles. The standard InChI is InChI=1S/C13H15NO4/c1-7-10(11(13(16)17)12(15)14-7)8-3-5-9(18-2)6-4-8/h3-7,10-11H,1-2H3,(H,14,15)(H,16,17)/t7-,10-,11-/m1/s1. The minimum atomic E-state index is -1.09. The molecule has 1 aromatic carbocycles. The predicted octanol–water partition coefficient (Wildman–Crippen LogP) is 0.998. The van der Waals surface area contributed by atoms with Gasteiger partial charge in [-0.2, -0.15) is 0 Å². The molecule has 0 aliphatic carbocycles. The van der Waals surface area contributed by atoms with Crippen molar-refractivity contribution in [3.05, 3.63) is 29.8 Å². The van der Waals surface area contributed by atoms with Crippen LogP contribution < -0.4 is 10.1 Å². The van der Waals surface area contributed by atoms with E-state index < -0.39 is 17.8 Å². The smallest absolute Gasteiger partial charge is 0.316 e. The molecule has 1 amide bonds. The molecule has 1 aliphatic heterocycles. The Bertz CT molecular complexity index is 468. The number of carbonyl (C=O) groups is 2. The molecule has 96 valence electrons. The summed E-state index contributed by atoms with van der Waals surface area (Å²) in [4.78, 5) is 22.8. The first kappa shape index (κ1) is 12.4. The second-order valence-electron chi connectivity index (χ2n) is 4.41. The summed E-state index contributed by atoms with van der Waals surface area (Å²) >= 11 is 0. The van der Waals surface area contributed by atoms with Gasteiger partial charge >= 0.3 is 5.97 Å². The van der Waals surface area contributed by atoms with E-state index in [4.69, 9.17) is 9.84 Å². The molecule has 0 saturated carbocycles. The number of carboxylic acids is 1. The van der Waals surface area contributed by atoms with Gasteiger partial charge in [0, 0.05) is 12.0 Å². The highest BCUT2D eigenvalue weighted by atomic mass is 16.5. The molecule has 0 spiro atoms. The van der Waals surface area contributed by atoms with Gasteiger partial charge in [0.1, 0.15) is 11.7 Å². The predicted molar refractivity (Wildman–Crippen MR) is 64.5 cm³/mol. The molecule has 1 aliphatic rings. The molecule has 1 aromatic rings. The van der Waals surface area contributed by atoms with Crippen molar-refractivity contribution < 1.29 is 19.4 Å². The zero-order valence-corrected chi connectivity index (χ0v) is 10.2. The number of hydrogen-bond donors (Lipinski definition) is 2. The summed E-state index contributed by atoms with van der Waals surface area (Å²) in [5.41, 5.74) is 0.828. The molecule has 0 unspecified atom stereocenters. The molecule has 0 bridgehead atoms. The maximum absolute atomic E-state index is 11.6. The number of amides is 1. The van der Waals surface area contributed by atoms with E-state index >= 15 is 0 Å². The van der Waals surface area contributed by atoms with Gasteiger partial charge in [0.15, 0.2) is 0 Å². The van der Waals surface area contributed by atoms with E-state index in [1.54, 1.807) is 31.4 Å². The third-order valence-electron chi connectivity index (χ3n) is 3.32. The van der Waals surface area contributed by atoms with Gasteiger partial charge in [0.2, 0.25) is 5.91 Å². The van der Waals surface area contributed by atoms with Crippen molar-refractivity contribution in [2.45, 2.75) is 18.9 Å². The zero-order chi connectivity index (χ0) is 13.3. The van der Waals surface area contributed by atoms with E-state index in [-0.39, 0.29) is 12.0 Å². The summed E-state index contributed by atoms with van der Waals surface area (Å²) in [6.07, 6.45) is 0. The van der Waals surface area contributed by atoms with Crippen molar-refractivity contribution in [2.24, 2.45) is 5.92 Å². The maximum atomic E-state index is 11.6. The van der Waals surface area contributed by atoms with Crippen LogP contribution in [-0.2, 0) is 9.59 Å². The van der Waals surface area contributed by atoms with Crippen molar-refractivity contribution >= 4 is 11.9 Å². The SMILES string of the molecule is COc1ccc([C@@H]2[C@@H](C(=O)O)C(=O)N[C@@H]2C)cc1. The highest BCUT2D eigenvalue weighted by Crippen LogP contribution is 2.34. The van der Waals surface area contributed by atoms with Crippen LogP contribution >= 0.6 is 0 Å². The number of carbonyl (C=O) groups excluding carboxylic acids is 1. The first-order valence-corrected chi connectivity index (χ1v) is 5.71. The Balaban J connectivity index is 2.34. The Morgan fingerprint density at radius 1 is 1.33 bits per heavy atom. The van der Waals surface area contributed by atoms with Crippen LogP contribution in [-0.4, -0.2) is 30.1 Å². The Kier molecular flexibility index (Phi) is 3.23. The van der Waals surface area contributed by atoms with Crippen molar-refractivity contribution in [1.82, 2.24) is 5.32 Å². The van der Waals surface area contributed by atoms with Gasteiger partial charge in [-0.05, 0) is 24.6 Å². The molecule has 5 nitrogen and oxygen atoms in total. The third-order valence-corrected chi connectivity index (χ3v) is 3.32. The summed E-state index contributed by atoms with van der Waals surface area (Å²) in [5.74, 6) is -2.17. The minimum absolute atomic E-state index is 0.188. The van der Waals surface area contributed by atoms with Crippen LogP contribution in [0, 0.1) is 5.92 Å². The minimum Gasteiger partial charge on any atom is -0.497 e. The van der Waals surface area contributed by atoms with Gasteiger partial charge < -0.3 is 15.2 Å². The van der Waals surface area contributed by atoms with Crippen LogP contribution in [0.15, 0.2) is 24.3 Å². The number of hydrogen-bond acceptors (Lipinski definition) is 3. The molecule has 1 fully saturated rings. The van der Waals surface area contributed by atoms with Gasteiger partial charge in [-0.1, -0.05) is 12.1 Å². The van der Waals surface area contributed by atoms with E-state index in [0.717, 1.165) is 5.56 Å². The quantitative estimate of drug-likeness (QED) is 0.783. The Hall–Kier alpha value is -2.04. The number of ether oxygens (including phenoxy) is 1. The third kappa shape index (κ3) is 2.03. The van der Waals surface area contributed by atoms with E-state index in [1.165, 1.54) is 0 Å². The van der Waals surface area contributed by atoms with Crippen LogP contribution in [0.25, 0.3) is 0 Å².